The first kappa shape index (κ1) is 28.9. The van der Waals surface area contributed by atoms with Crippen LogP contribution in [0.25, 0.3) is 22.3 Å². The normalized spacial score (nSPS) is 12.3. The van der Waals surface area contributed by atoms with Crippen LogP contribution in [0.4, 0.5) is 5.69 Å². The Balaban J connectivity index is 1.94. The first-order valence-corrected chi connectivity index (χ1v) is 14.0. The van der Waals surface area contributed by atoms with E-state index in [0.29, 0.717) is 29.1 Å². The average molecular weight is 541 g/mol. The molecule has 0 spiro atoms. The first-order chi connectivity index (χ1) is 19.1. The molecule has 3 aromatic carbocycles. The zero-order chi connectivity index (χ0) is 29.0. The van der Waals surface area contributed by atoms with Crippen molar-refractivity contribution in [3.8, 4) is 22.9 Å². The van der Waals surface area contributed by atoms with Gasteiger partial charge in [0.25, 0.3) is 5.56 Å². The van der Waals surface area contributed by atoms with Crippen molar-refractivity contribution in [3.05, 3.63) is 81.6 Å². The van der Waals surface area contributed by atoms with Gasteiger partial charge in [0.1, 0.15) is 11.5 Å². The lowest BCUT2D eigenvalue weighted by molar-refractivity contribution is 0.217. The molecule has 4 aromatic rings. The Bertz CT molecular complexity index is 1590. The molecule has 0 aliphatic rings. The average Bonchev–Trinajstić information content (AvgIpc) is 2.93. The quantitative estimate of drug-likeness (QED) is 0.202. The highest BCUT2D eigenvalue weighted by molar-refractivity contribution is 5.85. The van der Waals surface area contributed by atoms with Gasteiger partial charge in [0.15, 0.2) is 5.82 Å². The van der Waals surface area contributed by atoms with Crippen LogP contribution in [0.5, 0.6) is 11.5 Å². The Hall–Kier alpha value is -4.13. The van der Waals surface area contributed by atoms with E-state index in [0.717, 1.165) is 40.1 Å². The van der Waals surface area contributed by atoms with Crippen LogP contribution < -0.4 is 19.9 Å². The summed E-state index contributed by atoms with van der Waals surface area (Å²) in [4.78, 5) is 20.8. The van der Waals surface area contributed by atoms with Gasteiger partial charge in [0.2, 0.25) is 0 Å². The molecule has 7 nitrogen and oxygen atoms in total. The Morgan fingerprint density at radius 1 is 1.02 bits per heavy atom. The number of anilines is 1. The van der Waals surface area contributed by atoms with E-state index >= 15 is 0 Å². The lowest BCUT2D eigenvalue weighted by Gasteiger charge is -2.19. The molecule has 0 aliphatic heterocycles. The number of hydrogen-bond acceptors (Lipinski definition) is 6. The topological polar surface area (TPSA) is 69.0 Å². The lowest BCUT2D eigenvalue weighted by atomic mass is 9.96. The van der Waals surface area contributed by atoms with Crippen LogP contribution in [0.15, 0.2) is 64.5 Å². The number of benzene rings is 3. The second kappa shape index (κ2) is 12.4. The fraction of sp³-hybridized carbons (Fsp3) is 0.364. The van der Waals surface area contributed by atoms with Crippen molar-refractivity contribution in [2.75, 3.05) is 25.6 Å². The number of ether oxygens (including phenoxy) is 2. The van der Waals surface area contributed by atoms with Gasteiger partial charge < -0.3 is 14.4 Å². The summed E-state index contributed by atoms with van der Waals surface area (Å²) in [6.07, 6.45) is 2.59. The summed E-state index contributed by atoms with van der Waals surface area (Å²) in [5.74, 6) is 2.27. The van der Waals surface area contributed by atoms with E-state index in [4.69, 9.17) is 19.6 Å². The number of rotatable bonds is 10. The molecule has 0 fully saturated rings. The van der Waals surface area contributed by atoms with Crippen molar-refractivity contribution < 1.29 is 9.47 Å². The van der Waals surface area contributed by atoms with Crippen LogP contribution in [0, 0.1) is 6.92 Å². The third kappa shape index (κ3) is 6.03. The van der Waals surface area contributed by atoms with Gasteiger partial charge in [-0.2, -0.15) is 9.78 Å². The highest BCUT2D eigenvalue weighted by Crippen LogP contribution is 2.34. The van der Waals surface area contributed by atoms with Gasteiger partial charge in [-0.05, 0) is 80.6 Å². The molecule has 0 saturated carbocycles. The molecule has 1 heterocycles. The van der Waals surface area contributed by atoms with Crippen LogP contribution in [-0.4, -0.2) is 42.7 Å². The SMILES string of the molecule is CCOc1cc(C)c(-c2nc3ccccc3c(=O)n2N=Cc2ccc(N(C)C)cc2O[C@H](C)CC)cc1C(C)C. The molecule has 4 rings (SSSR count). The van der Waals surface area contributed by atoms with Crippen LogP contribution >= 0.6 is 0 Å². The van der Waals surface area contributed by atoms with E-state index < -0.39 is 0 Å². The van der Waals surface area contributed by atoms with Crippen LogP contribution in [-0.2, 0) is 0 Å². The lowest BCUT2D eigenvalue weighted by Crippen LogP contribution is -2.21. The summed E-state index contributed by atoms with van der Waals surface area (Å²) in [5.41, 5.74) is 5.05. The number of hydrogen-bond donors (Lipinski definition) is 0. The van der Waals surface area contributed by atoms with Crippen molar-refractivity contribution in [3.63, 3.8) is 0 Å². The second-order valence-corrected chi connectivity index (χ2v) is 10.6. The van der Waals surface area contributed by atoms with E-state index in [9.17, 15) is 4.79 Å². The van der Waals surface area contributed by atoms with Crippen LogP contribution in [0.2, 0.25) is 0 Å². The number of nitrogens with zero attached hydrogens (tertiary/aromatic N) is 4. The van der Waals surface area contributed by atoms with E-state index in [1.165, 1.54) is 4.68 Å². The minimum atomic E-state index is -0.231. The molecular formula is C33H40N4O3. The number of aromatic nitrogens is 2. The van der Waals surface area contributed by atoms with Gasteiger partial charge in [0, 0.05) is 37.0 Å². The summed E-state index contributed by atoms with van der Waals surface area (Å²) in [6.45, 7) is 13.0. The maximum Gasteiger partial charge on any atom is 0.282 e. The van der Waals surface area contributed by atoms with Crippen molar-refractivity contribution in [2.45, 2.75) is 60.0 Å². The Kier molecular flexibility index (Phi) is 8.93. The number of fused-ring (bicyclic) bond motifs is 1. The minimum absolute atomic E-state index is 0.0335. The summed E-state index contributed by atoms with van der Waals surface area (Å²) in [5, 5.41) is 5.25. The number of para-hydroxylation sites is 1. The van der Waals surface area contributed by atoms with Gasteiger partial charge in [-0.15, -0.1) is 0 Å². The highest BCUT2D eigenvalue weighted by Gasteiger charge is 2.19. The zero-order valence-electron chi connectivity index (χ0n) is 24.9. The molecule has 210 valence electrons. The van der Waals surface area contributed by atoms with Crippen LogP contribution in [0.1, 0.15) is 63.6 Å². The van der Waals surface area contributed by atoms with Crippen molar-refractivity contribution >= 4 is 22.8 Å². The first-order valence-electron chi connectivity index (χ1n) is 14.0. The standard InChI is InChI=1S/C33H40N4O3/c1-9-23(6)40-30-18-25(36(7)8)16-15-24(30)20-34-37-32(35-29-14-12-11-13-26(29)33(37)38)28-19-27(21(3)4)31(39-10-2)17-22(28)5/h11-21,23H,9-10H2,1-8H3/t23-/m1/s1. The van der Waals surface area contributed by atoms with E-state index in [1.54, 1.807) is 12.3 Å². The third-order valence-corrected chi connectivity index (χ3v) is 7.00. The molecule has 0 N–H and O–H groups in total. The molecule has 0 bridgehead atoms. The molecule has 0 aliphatic carbocycles. The van der Waals surface area contributed by atoms with Crippen molar-refractivity contribution in [1.29, 1.82) is 0 Å². The maximum absolute atomic E-state index is 13.8. The fourth-order valence-electron chi connectivity index (χ4n) is 4.51. The van der Waals surface area contributed by atoms with E-state index in [-0.39, 0.29) is 17.6 Å². The largest absolute Gasteiger partial charge is 0.494 e. The molecule has 7 heteroatoms. The van der Waals surface area contributed by atoms with Crippen LogP contribution in [0.3, 0.4) is 0 Å². The third-order valence-electron chi connectivity index (χ3n) is 7.00. The number of aryl methyl sites for hydroxylation is 1. The molecule has 0 radical (unpaired) electrons. The maximum atomic E-state index is 13.8. The molecular weight excluding hydrogens is 500 g/mol. The molecule has 0 amide bonds. The smallest absolute Gasteiger partial charge is 0.282 e. The molecule has 1 aromatic heterocycles. The van der Waals surface area contributed by atoms with Gasteiger partial charge in [0.05, 0.1) is 29.8 Å². The molecule has 1 atom stereocenters. The predicted octanol–water partition coefficient (Wildman–Crippen LogP) is 7.02. The van der Waals surface area contributed by atoms with Gasteiger partial charge in [-0.25, -0.2) is 4.98 Å². The zero-order valence-corrected chi connectivity index (χ0v) is 24.9. The van der Waals surface area contributed by atoms with E-state index in [2.05, 4.69) is 26.8 Å². The predicted molar refractivity (Wildman–Crippen MR) is 166 cm³/mol. The van der Waals surface area contributed by atoms with Crippen molar-refractivity contribution in [2.24, 2.45) is 5.10 Å². The highest BCUT2D eigenvalue weighted by atomic mass is 16.5. The Morgan fingerprint density at radius 3 is 2.45 bits per heavy atom. The molecule has 0 unspecified atom stereocenters. The van der Waals surface area contributed by atoms with Crippen molar-refractivity contribution in [1.82, 2.24) is 9.66 Å². The van der Waals surface area contributed by atoms with Gasteiger partial charge in [-0.3, -0.25) is 4.79 Å². The minimum Gasteiger partial charge on any atom is -0.494 e. The van der Waals surface area contributed by atoms with Gasteiger partial charge >= 0.3 is 0 Å². The molecule has 40 heavy (non-hydrogen) atoms. The summed E-state index contributed by atoms with van der Waals surface area (Å²) >= 11 is 0. The summed E-state index contributed by atoms with van der Waals surface area (Å²) in [7, 11) is 3.99. The van der Waals surface area contributed by atoms with Gasteiger partial charge in [-0.1, -0.05) is 32.9 Å². The Labute approximate surface area is 237 Å². The fourth-order valence-corrected chi connectivity index (χ4v) is 4.51. The second-order valence-electron chi connectivity index (χ2n) is 10.6. The monoisotopic (exact) mass is 540 g/mol. The summed E-state index contributed by atoms with van der Waals surface area (Å²) in [6, 6.07) is 17.5. The Morgan fingerprint density at radius 2 is 1.77 bits per heavy atom. The summed E-state index contributed by atoms with van der Waals surface area (Å²) < 4.78 is 13.6. The van der Waals surface area contributed by atoms with E-state index in [1.807, 2.05) is 82.2 Å². The molecule has 0 saturated heterocycles.